The van der Waals surface area contributed by atoms with E-state index < -0.39 is 12.0 Å². The first kappa shape index (κ1) is 17.5. The van der Waals surface area contributed by atoms with E-state index in [-0.39, 0.29) is 5.78 Å². The van der Waals surface area contributed by atoms with Crippen LogP contribution in [0.1, 0.15) is 29.6 Å². The molecule has 1 atom stereocenters. The van der Waals surface area contributed by atoms with Crippen LogP contribution in [0.25, 0.3) is 0 Å². The lowest BCUT2D eigenvalue weighted by atomic mass is 10.1. The SMILES string of the molecule is COc1ccccc1C(=O)CCCN[C@@H](CCS)C(=O)O. The fraction of sp³-hybridized carbons (Fsp3) is 0.467. The van der Waals surface area contributed by atoms with Crippen LogP contribution >= 0.6 is 12.6 Å². The predicted octanol–water partition coefficient (Wildman–Crippen LogP) is 2.02. The van der Waals surface area contributed by atoms with Crippen LogP contribution < -0.4 is 10.1 Å². The second kappa shape index (κ2) is 9.41. The second-order valence-electron chi connectivity index (χ2n) is 4.58. The van der Waals surface area contributed by atoms with Crippen LogP contribution in [0.15, 0.2) is 24.3 Å². The van der Waals surface area contributed by atoms with Crippen LogP contribution in [-0.4, -0.2) is 42.3 Å². The number of carbonyl (C=O) groups is 2. The van der Waals surface area contributed by atoms with Gasteiger partial charge in [-0.05, 0) is 37.3 Å². The smallest absolute Gasteiger partial charge is 0.320 e. The zero-order valence-electron chi connectivity index (χ0n) is 12.0. The first-order valence-electron chi connectivity index (χ1n) is 6.83. The first-order chi connectivity index (χ1) is 10.1. The molecule has 6 heteroatoms. The van der Waals surface area contributed by atoms with Crippen molar-refractivity contribution in [3.63, 3.8) is 0 Å². The predicted molar refractivity (Wildman–Crippen MR) is 84.5 cm³/mol. The lowest BCUT2D eigenvalue weighted by molar-refractivity contribution is -0.139. The van der Waals surface area contributed by atoms with Crippen molar-refractivity contribution in [2.75, 3.05) is 19.4 Å². The number of Topliss-reactive ketones (excluding diaryl/α,β-unsaturated/α-hetero) is 1. The molecule has 1 aromatic carbocycles. The molecule has 0 spiro atoms. The number of ether oxygens (including phenoxy) is 1. The number of methoxy groups -OCH3 is 1. The molecule has 0 unspecified atom stereocenters. The van der Waals surface area contributed by atoms with Crippen molar-refractivity contribution in [2.45, 2.75) is 25.3 Å². The van der Waals surface area contributed by atoms with Gasteiger partial charge in [0, 0.05) is 6.42 Å². The monoisotopic (exact) mass is 311 g/mol. The molecule has 0 aromatic heterocycles. The Morgan fingerprint density at radius 1 is 1.38 bits per heavy atom. The summed E-state index contributed by atoms with van der Waals surface area (Å²) in [4.78, 5) is 23.0. The average molecular weight is 311 g/mol. The van der Waals surface area contributed by atoms with E-state index in [0.717, 1.165) is 0 Å². The summed E-state index contributed by atoms with van der Waals surface area (Å²) in [7, 11) is 1.53. The molecule has 1 rings (SSSR count). The lowest BCUT2D eigenvalue weighted by Gasteiger charge is -2.13. The van der Waals surface area contributed by atoms with E-state index in [1.165, 1.54) is 7.11 Å². The van der Waals surface area contributed by atoms with Crippen LogP contribution in [0.2, 0.25) is 0 Å². The number of rotatable bonds is 10. The Kier molecular flexibility index (Phi) is 7.85. The molecule has 0 aliphatic heterocycles. The molecule has 0 saturated heterocycles. The molecule has 0 fully saturated rings. The Labute approximate surface area is 130 Å². The van der Waals surface area contributed by atoms with Crippen molar-refractivity contribution in [3.05, 3.63) is 29.8 Å². The molecule has 0 aliphatic carbocycles. The van der Waals surface area contributed by atoms with Gasteiger partial charge in [-0.3, -0.25) is 9.59 Å². The van der Waals surface area contributed by atoms with Crippen LogP contribution in [0.5, 0.6) is 5.75 Å². The molecule has 0 radical (unpaired) electrons. The summed E-state index contributed by atoms with van der Waals surface area (Å²) >= 11 is 4.03. The molecular formula is C15H21NO4S. The van der Waals surface area contributed by atoms with Crippen molar-refractivity contribution in [1.82, 2.24) is 5.32 Å². The van der Waals surface area contributed by atoms with Crippen molar-refractivity contribution in [3.8, 4) is 5.75 Å². The number of carboxylic acids is 1. The molecule has 2 N–H and O–H groups in total. The molecule has 0 saturated carbocycles. The van der Waals surface area contributed by atoms with Crippen LogP contribution in [0, 0.1) is 0 Å². The molecular weight excluding hydrogens is 290 g/mol. The van der Waals surface area contributed by atoms with Gasteiger partial charge < -0.3 is 15.2 Å². The Morgan fingerprint density at radius 3 is 2.71 bits per heavy atom. The third-order valence-electron chi connectivity index (χ3n) is 3.09. The van der Waals surface area contributed by atoms with Gasteiger partial charge in [0.1, 0.15) is 11.8 Å². The van der Waals surface area contributed by atoms with E-state index in [4.69, 9.17) is 9.84 Å². The van der Waals surface area contributed by atoms with Crippen LogP contribution in [0.4, 0.5) is 0 Å². The second-order valence-corrected chi connectivity index (χ2v) is 5.03. The minimum atomic E-state index is -0.889. The largest absolute Gasteiger partial charge is 0.496 e. The van der Waals surface area contributed by atoms with Gasteiger partial charge in [0.15, 0.2) is 5.78 Å². The molecule has 0 heterocycles. The minimum Gasteiger partial charge on any atom is -0.496 e. The van der Waals surface area contributed by atoms with Gasteiger partial charge in [-0.2, -0.15) is 12.6 Å². The topological polar surface area (TPSA) is 75.6 Å². The van der Waals surface area contributed by atoms with E-state index in [0.29, 0.717) is 42.9 Å². The molecule has 116 valence electrons. The number of carbonyl (C=O) groups excluding carboxylic acids is 1. The average Bonchev–Trinajstić information content (AvgIpc) is 2.49. The highest BCUT2D eigenvalue weighted by Crippen LogP contribution is 2.19. The zero-order chi connectivity index (χ0) is 15.7. The fourth-order valence-corrected chi connectivity index (χ4v) is 2.24. The number of hydrogen-bond acceptors (Lipinski definition) is 5. The number of ketones is 1. The van der Waals surface area contributed by atoms with E-state index in [9.17, 15) is 9.59 Å². The number of aliphatic carboxylic acids is 1. The third kappa shape index (κ3) is 5.77. The molecule has 1 aromatic rings. The van der Waals surface area contributed by atoms with Crippen molar-refractivity contribution < 1.29 is 19.4 Å². The van der Waals surface area contributed by atoms with Gasteiger partial charge >= 0.3 is 5.97 Å². The third-order valence-corrected chi connectivity index (χ3v) is 3.35. The Bertz CT molecular complexity index is 478. The number of carboxylic acid groups (broad SMARTS) is 1. The number of hydrogen-bond donors (Lipinski definition) is 3. The van der Waals surface area contributed by atoms with Crippen molar-refractivity contribution in [2.24, 2.45) is 0 Å². The van der Waals surface area contributed by atoms with Gasteiger partial charge in [-0.15, -0.1) is 0 Å². The Morgan fingerprint density at radius 2 is 2.10 bits per heavy atom. The standard InChI is InChI=1S/C15H21NO4S/c1-20-14-7-3-2-5-11(14)13(17)6-4-9-16-12(8-10-21)15(18)19/h2-3,5,7,12,16,21H,4,6,8-10H2,1H3,(H,18,19)/t12-/m0/s1. The van der Waals surface area contributed by atoms with E-state index in [1.54, 1.807) is 18.2 Å². The van der Waals surface area contributed by atoms with Gasteiger partial charge in [0.05, 0.1) is 12.7 Å². The quantitative estimate of drug-likeness (QED) is 0.350. The Hall–Kier alpha value is -1.53. The molecule has 0 aliphatic rings. The number of benzene rings is 1. The number of nitrogens with one attached hydrogen (secondary N) is 1. The summed E-state index contributed by atoms with van der Waals surface area (Å²) in [5, 5.41) is 11.9. The number of para-hydroxylation sites is 1. The molecule has 0 bridgehead atoms. The fourth-order valence-electron chi connectivity index (χ4n) is 1.98. The Balaban J connectivity index is 2.41. The number of thiol groups is 1. The van der Waals surface area contributed by atoms with E-state index in [1.807, 2.05) is 6.07 Å². The lowest BCUT2D eigenvalue weighted by Crippen LogP contribution is -2.37. The van der Waals surface area contributed by atoms with Gasteiger partial charge in [-0.25, -0.2) is 0 Å². The minimum absolute atomic E-state index is 0.00433. The summed E-state index contributed by atoms with van der Waals surface area (Å²) in [5.74, 6) is 0.175. The highest BCUT2D eigenvalue weighted by molar-refractivity contribution is 7.80. The maximum atomic E-state index is 12.1. The molecule has 21 heavy (non-hydrogen) atoms. The van der Waals surface area contributed by atoms with Crippen LogP contribution in [-0.2, 0) is 4.79 Å². The molecule has 0 amide bonds. The van der Waals surface area contributed by atoms with Crippen LogP contribution in [0.3, 0.4) is 0 Å². The van der Waals surface area contributed by atoms with Gasteiger partial charge in [0.2, 0.25) is 0 Å². The zero-order valence-corrected chi connectivity index (χ0v) is 12.9. The maximum absolute atomic E-state index is 12.1. The first-order valence-corrected chi connectivity index (χ1v) is 7.46. The maximum Gasteiger partial charge on any atom is 0.320 e. The van der Waals surface area contributed by atoms with E-state index >= 15 is 0 Å². The van der Waals surface area contributed by atoms with Crippen molar-refractivity contribution >= 4 is 24.4 Å². The summed E-state index contributed by atoms with van der Waals surface area (Å²) in [6, 6.07) is 6.48. The van der Waals surface area contributed by atoms with Gasteiger partial charge in [-0.1, -0.05) is 12.1 Å². The summed E-state index contributed by atoms with van der Waals surface area (Å²) in [5.41, 5.74) is 0.560. The van der Waals surface area contributed by atoms with E-state index in [2.05, 4.69) is 17.9 Å². The summed E-state index contributed by atoms with van der Waals surface area (Å²) < 4.78 is 5.15. The highest BCUT2D eigenvalue weighted by atomic mass is 32.1. The normalized spacial score (nSPS) is 11.9. The summed E-state index contributed by atoms with van der Waals surface area (Å²) in [6.45, 7) is 0.478. The van der Waals surface area contributed by atoms with Crippen molar-refractivity contribution in [1.29, 1.82) is 0 Å². The molecule has 5 nitrogen and oxygen atoms in total. The highest BCUT2D eigenvalue weighted by Gasteiger charge is 2.16. The summed E-state index contributed by atoms with van der Waals surface area (Å²) in [6.07, 6.45) is 1.38. The van der Waals surface area contributed by atoms with Gasteiger partial charge in [0.25, 0.3) is 0 Å².